The van der Waals surface area contributed by atoms with Crippen molar-refractivity contribution in [2.75, 3.05) is 0 Å². The number of amides is 1. The summed E-state index contributed by atoms with van der Waals surface area (Å²) < 4.78 is 7.02. The molecule has 1 amide bonds. The van der Waals surface area contributed by atoms with E-state index in [1.165, 1.54) is 17.7 Å². The summed E-state index contributed by atoms with van der Waals surface area (Å²) in [5.41, 5.74) is 2.33. The van der Waals surface area contributed by atoms with Crippen LogP contribution in [0.1, 0.15) is 20.9 Å². The lowest BCUT2D eigenvalue weighted by Gasteiger charge is -2.06. The Hall–Kier alpha value is -3.26. The highest BCUT2D eigenvalue weighted by Gasteiger charge is 2.17. The quantitative estimate of drug-likeness (QED) is 0.587. The van der Waals surface area contributed by atoms with Crippen LogP contribution in [0.3, 0.4) is 0 Å². The van der Waals surface area contributed by atoms with Crippen molar-refractivity contribution >= 4 is 17.2 Å². The number of benzene rings is 1. The van der Waals surface area contributed by atoms with Gasteiger partial charge in [0.05, 0.1) is 12.0 Å². The molecule has 130 valence electrons. The van der Waals surface area contributed by atoms with Crippen LogP contribution in [0.2, 0.25) is 0 Å². The van der Waals surface area contributed by atoms with Crippen molar-refractivity contribution in [2.24, 2.45) is 0 Å². The highest BCUT2D eigenvalue weighted by molar-refractivity contribution is 7.15. The van der Waals surface area contributed by atoms with Gasteiger partial charge in [0.2, 0.25) is 0 Å². The first-order valence-electron chi connectivity index (χ1n) is 7.94. The summed E-state index contributed by atoms with van der Waals surface area (Å²) in [6.07, 6.45) is 4.72. The van der Waals surface area contributed by atoms with E-state index in [1.807, 2.05) is 37.3 Å². The number of aromatic nitrogens is 4. The first kappa shape index (κ1) is 16.2. The van der Waals surface area contributed by atoms with E-state index in [9.17, 15) is 4.79 Å². The van der Waals surface area contributed by atoms with Gasteiger partial charge < -0.3 is 9.73 Å². The molecule has 0 fully saturated rings. The van der Waals surface area contributed by atoms with Gasteiger partial charge in [0.15, 0.2) is 10.8 Å². The molecule has 0 bridgehead atoms. The zero-order valence-electron chi connectivity index (χ0n) is 13.9. The SMILES string of the molecule is Cc1sc(-c2ccco2)nc1C(=O)NCc1ccc(-n2cncn2)cc1. The second-order valence-corrected chi connectivity index (χ2v) is 6.79. The average Bonchev–Trinajstić information content (AvgIpc) is 3.41. The molecule has 1 N–H and O–H groups in total. The van der Waals surface area contributed by atoms with Crippen LogP contribution in [0.25, 0.3) is 16.5 Å². The molecule has 4 rings (SSSR count). The fourth-order valence-electron chi connectivity index (χ4n) is 2.49. The normalized spacial score (nSPS) is 10.8. The van der Waals surface area contributed by atoms with Crippen molar-refractivity contribution in [3.63, 3.8) is 0 Å². The Kier molecular flexibility index (Phi) is 4.32. The lowest BCUT2D eigenvalue weighted by atomic mass is 10.2. The van der Waals surface area contributed by atoms with Crippen LogP contribution in [0.5, 0.6) is 0 Å². The first-order chi connectivity index (χ1) is 12.7. The zero-order valence-corrected chi connectivity index (χ0v) is 14.7. The molecule has 26 heavy (non-hydrogen) atoms. The molecule has 1 aromatic carbocycles. The van der Waals surface area contributed by atoms with Gasteiger partial charge in [-0.15, -0.1) is 11.3 Å². The molecule has 0 atom stereocenters. The molecular formula is C18H15N5O2S. The van der Waals surface area contributed by atoms with E-state index in [2.05, 4.69) is 20.4 Å². The Bertz CT molecular complexity index is 1000. The van der Waals surface area contributed by atoms with Crippen LogP contribution in [0, 0.1) is 6.92 Å². The molecule has 3 heterocycles. The topological polar surface area (TPSA) is 85.8 Å². The number of carbonyl (C=O) groups excluding carboxylic acids is 1. The van der Waals surface area contributed by atoms with Crippen molar-refractivity contribution < 1.29 is 9.21 Å². The Morgan fingerprint density at radius 2 is 2.12 bits per heavy atom. The maximum atomic E-state index is 12.5. The van der Waals surface area contributed by atoms with E-state index in [-0.39, 0.29) is 5.91 Å². The van der Waals surface area contributed by atoms with E-state index >= 15 is 0 Å². The van der Waals surface area contributed by atoms with Crippen molar-refractivity contribution in [2.45, 2.75) is 13.5 Å². The van der Waals surface area contributed by atoms with Crippen LogP contribution in [0.15, 0.2) is 59.7 Å². The summed E-state index contributed by atoms with van der Waals surface area (Å²) in [5.74, 6) is 0.470. The molecule has 0 aliphatic rings. The van der Waals surface area contributed by atoms with Crippen molar-refractivity contribution in [1.82, 2.24) is 25.1 Å². The molecule has 0 saturated heterocycles. The molecule has 0 unspecified atom stereocenters. The van der Waals surface area contributed by atoms with Crippen molar-refractivity contribution in [3.05, 3.63) is 71.5 Å². The fourth-order valence-corrected chi connectivity index (χ4v) is 3.37. The van der Waals surface area contributed by atoms with E-state index in [1.54, 1.807) is 23.3 Å². The highest BCUT2D eigenvalue weighted by Crippen LogP contribution is 2.27. The minimum atomic E-state index is -0.197. The first-order valence-corrected chi connectivity index (χ1v) is 8.76. The molecule has 7 nitrogen and oxygen atoms in total. The third kappa shape index (κ3) is 3.27. The lowest BCUT2D eigenvalue weighted by Crippen LogP contribution is -2.23. The van der Waals surface area contributed by atoms with Gasteiger partial charge in [-0.1, -0.05) is 12.1 Å². The summed E-state index contributed by atoms with van der Waals surface area (Å²) in [6, 6.07) is 11.4. The molecule has 0 aliphatic heterocycles. The van der Waals surface area contributed by atoms with Gasteiger partial charge in [0.25, 0.3) is 5.91 Å². The number of nitrogens with zero attached hydrogens (tertiary/aromatic N) is 4. The summed E-state index contributed by atoms with van der Waals surface area (Å²) in [7, 11) is 0. The maximum Gasteiger partial charge on any atom is 0.271 e. The molecule has 8 heteroatoms. The Morgan fingerprint density at radius 1 is 1.27 bits per heavy atom. The molecular weight excluding hydrogens is 350 g/mol. The number of hydrogen-bond donors (Lipinski definition) is 1. The van der Waals surface area contributed by atoms with E-state index in [0.29, 0.717) is 23.0 Å². The number of rotatable bonds is 5. The van der Waals surface area contributed by atoms with Gasteiger partial charge >= 0.3 is 0 Å². The standard InChI is InChI=1S/C18H15N5O2S/c1-12-16(22-18(26-12)15-3-2-8-25-15)17(24)20-9-13-4-6-14(7-5-13)23-11-19-10-21-23/h2-8,10-11H,9H2,1H3,(H,20,24). The monoisotopic (exact) mass is 365 g/mol. The Morgan fingerprint density at radius 3 is 2.81 bits per heavy atom. The molecule has 4 aromatic rings. The van der Waals surface area contributed by atoms with Crippen molar-refractivity contribution in [1.29, 1.82) is 0 Å². The summed E-state index contributed by atoms with van der Waals surface area (Å²) in [6.45, 7) is 2.30. The number of aryl methyl sites for hydroxylation is 1. The van der Waals surface area contributed by atoms with Crippen molar-refractivity contribution in [3.8, 4) is 16.5 Å². The summed E-state index contributed by atoms with van der Waals surface area (Å²) >= 11 is 1.44. The molecule has 0 radical (unpaired) electrons. The maximum absolute atomic E-state index is 12.5. The van der Waals surface area contributed by atoms with E-state index < -0.39 is 0 Å². The van der Waals surface area contributed by atoms with Crippen LogP contribution < -0.4 is 5.32 Å². The average molecular weight is 365 g/mol. The van der Waals surface area contributed by atoms with Gasteiger partial charge in [-0.25, -0.2) is 14.6 Å². The highest BCUT2D eigenvalue weighted by atomic mass is 32.1. The van der Waals surface area contributed by atoms with Gasteiger partial charge in [-0.3, -0.25) is 4.79 Å². The lowest BCUT2D eigenvalue weighted by molar-refractivity contribution is 0.0946. The van der Waals surface area contributed by atoms with Gasteiger partial charge in [-0.05, 0) is 36.8 Å². The van der Waals surface area contributed by atoms with Gasteiger partial charge in [0.1, 0.15) is 18.3 Å². The number of thiazole rings is 1. The predicted octanol–water partition coefficient (Wildman–Crippen LogP) is 3.22. The number of hydrogen-bond acceptors (Lipinski definition) is 6. The van der Waals surface area contributed by atoms with E-state index in [0.717, 1.165) is 16.1 Å². The number of carbonyl (C=O) groups is 1. The van der Waals surface area contributed by atoms with Crippen LogP contribution >= 0.6 is 11.3 Å². The zero-order chi connectivity index (χ0) is 17.9. The van der Waals surface area contributed by atoms with Gasteiger partial charge in [-0.2, -0.15) is 5.10 Å². The minimum Gasteiger partial charge on any atom is -0.462 e. The molecule has 0 saturated carbocycles. The largest absolute Gasteiger partial charge is 0.462 e. The molecule has 0 aliphatic carbocycles. The second kappa shape index (κ2) is 6.93. The van der Waals surface area contributed by atoms with Crippen LogP contribution in [-0.4, -0.2) is 25.7 Å². The number of nitrogens with one attached hydrogen (secondary N) is 1. The van der Waals surface area contributed by atoms with E-state index in [4.69, 9.17) is 4.42 Å². The van der Waals surface area contributed by atoms with Crippen LogP contribution in [-0.2, 0) is 6.54 Å². The Balaban J connectivity index is 1.42. The minimum absolute atomic E-state index is 0.197. The summed E-state index contributed by atoms with van der Waals surface area (Å²) in [4.78, 5) is 21.6. The Labute approximate surface area is 153 Å². The second-order valence-electron chi connectivity index (χ2n) is 5.59. The van der Waals surface area contributed by atoms with Crippen LogP contribution in [0.4, 0.5) is 0 Å². The third-order valence-corrected chi connectivity index (χ3v) is 4.80. The smallest absolute Gasteiger partial charge is 0.271 e. The third-order valence-electron chi connectivity index (χ3n) is 3.82. The molecule has 3 aromatic heterocycles. The molecule has 0 spiro atoms. The predicted molar refractivity (Wildman–Crippen MR) is 97.1 cm³/mol. The fraction of sp³-hybridized carbons (Fsp3) is 0.111. The summed E-state index contributed by atoms with van der Waals surface area (Å²) in [5, 5.41) is 7.70. The number of furan rings is 1. The van der Waals surface area contributed by atoms with Gasteiger partial charge in [0, 0.05) is 11.4 Å².